The van der Waals surface area contributed by atoms with Gasteiger partial charge in [-0.2, -0.15) is 0 Å². The van der Waals surface area contributed by atoms with Crippen molar-refractivity contribution in [1.82, 2.24) is 14.5 Å². The normalized spacial score (nSPS) is 11.0. The largest absolute Gasteiger partial charge is 0.354 e. The molecule has 4 heteroatoms. The van der Waals surface area contributed by atoms with Crippen LogP contribution < -0.4 is 5.32 Å². The first-order valence-corrected chi connectivity index (χ1v) is 7.32. The maximum atomic E-state index is 4.57. The number of likely N-dealkylation sites (N-methyl/N-ethyl adjacent to an activating group) is 1. The van der Waals surface area contributed by atoms with Gasteiger partial charge in [0.1, 0.15) is 0 Å². The van der Waals surface area contributed by atoms with Gasteiger partial charge >= 0.3 is 0 Å². The molecular formula is C16H24N4. The number of aryl methyl sites for hydroxylation is 1. The molecule has 0 bridgehead atoms. The number of aromatic nitrogens is 2. The second-order valence-electron chi connectivity index (χ2n) is 4.87. The molecule has 0 aliphatic heterocycles. The van der Waals surface area contributed by atoms with Gasteiger partial charge in [0.2, 0.25) is 5.95 Å². The van der Waals surface area contributed by atoms with E-state index in [1.807, 2.05) is 25.1 Å². The van der Waals surface area contributed by atoms with Crippen LogP contribution in [0.25, 0.3) is 5.69 Å². The molecular weight excluding hydrogens is 248 g/mol. The smallest absolute Gasteiger partial charge is 0.207 e. The minimum atomic E-state index is 0.908. The number of para-hydroxylation sites is 1. The summed E-state index contributed by atoms with van der Waals surface area (Å²) >= 11 is 0. The molecule has 0 saturated heterocycles. The van der Waals surface area contributed by atoms with E-state index in [2.05, 4.69) is 51.9 Å². The Morgan fingerprint density at radius 3 is 2.50 bits per heavy atom. The van der Waals surface area contributed by atoms with E-state index < -0.39 is 0 Å². The second kappa shape index (κ2) is 7.10. The summed E-state index contributed by atoms with van der Waals surface area (Å²) in [6.07, 6.45) is 2.06. The average molecular weight is 272 g/mol. The minimum Gasteiger partial charge on any atom is -0.354 e. The average Bonchev–Trinajstić information content (AvgIpc) is 2.85. The Morgan fingerprint density at radius 1 is 1.15 bits per heavy atom. The standard InChI is InChI=1S/C16H24N4/c1-4-19(5-2)12-11-17-16-18-14(3)13-20(16)15-9-7-6-8-10-15/h6-10,13H,4-5,11-12H2,1-3H3,(H,17,18). The van der Waals surface area contributed by atoms with E-state index in [4.69, 9.17) is 0 Å². The Morgan fingerprint density at radius 2 is 1.85 bits per heavy atom. The van der Waals surface area contributed by atoms with Gasteiger partial charge in [0.05, 0.1) is 5.69 Å². The third-order valence-electron chi connectivity index (χ3n) is 3.47. The van der Waals surface area contributed by atoms with Crippen molar-refractivity contribution >= 4 is 5.95 Å². The molecule has 1 heterocycles. The molecule has 0 fully saturated rings. The molecule has 0 amide bonds. The van der Waals surface area contributed by atoms with Crippen LogP contribution in [0.15, 0.2) is 36.5 Å². The molecule has 0 aliphatic rings. The fraction of sp³-hybridized carbons (Fsp3) is 0.438. The lowest BCUT2D eigenvalue weighted by Gasteiger charge is -2.18. The summed E-state index contributed by atoms with van der Waals surface area (Å²) in [5.74, 6) is 0.917. The first kappa shape index (κ1) is 14.6. The van der Waals surface area contributed by atoms with Crippen LogP contribution in [0, 0.1) is 6.92 Å². The first-order chi connectivity index (χ1) is 9.74. The number of rotatable bonds is 7. The Hall–Kier alpha value is -1.81. The summed E-state index contributed by atoms with van der Waals surface area (Å²) in [5.41, 5.74) is 2.16. The van der Waals surface area contributed by atoms with Crippen molar-refractivity contribution in [1.29, 1.82) is 0 Å². The van der Waals surface area contributed by atoms with Crippen molar-refractivity contribution < 1.29 is 0 Å². The lowest BCUT2D eigenvalue weighted by molar-refractivity contribution is 0.315. The Labute approximate surface area is 121 Å². The maximum absolute atomic E-state index is 4.57. The zero-order chi connectivity index (χ0) is 14.4. The number of nitrogens with zero attached hydrogens (tertiary/aromatic N) is 3. The van der Waals surface area contributed by atoms with E-state index in [1.54, 1.807) is 0 Å². The molecule has 0 unspecified atom stereocenters. The van der Waals surface area contributed by atoms with Gasteiger partial charge in [0.25, 0.3) is 0 Å². The third kappa shape index (κ3) is 3.61. The quantitative estimate of drug-likeness (QED) is 0.841. The highest BCUT2D eigenvalue weighted by Gasteiger charge is 2.07. The molecule has 2 rings (SSSR count). The highest BCUT2D eigenvalue weighted by Crippen LogP contribution is 2.15. The number of nitrogens with one attached hydrogen (secondary N) is 1. The van der Waals surface area contributed by atoms with Gasteiger partial charge in [0.15, 0.2) is 0 Å². The third-order valence-corrected chi connectivity index (χ3v) is 3.47. The summed E-state index contributed by atoms with van der Waals surface area (Å²) in [6.45, 7) is 10.5. The van der Waals surface area contributed by atoms with Gasteiger partial charge in [-0.25, -0.2) is 4.98 Å². The Balaban J connectivity index is 2.05. The van der Waals surface area contributed by atoms with E-state index in [1.165, 1.54) is 0 Å². The van der Waals surface area contributed by atoms with Gasteiger partial charge in [0, 0.05) is 25.0 Å². The monoisotopic (exact) mass is 272 g/mol. The number of imidazole rings is 1. The Bertz CT molecular complexity index is 515. The molecule has 0 aliphatic carbocycles. The fourth-order valence-electron chi connectivity index (χ4n) is 2.27. The van der Waals surface area contributed by atoms with Crippen molar-refractivity contribution in [2.24, 2.45) is 0 Å². The summed E-state index contributed by atoms with van der Waals surface area (Å²) in [5, 5.41) is 3.44. The van der Waals surface area contributed by atoms with Gasteiger partial charge in [-0.3, -0.25) is 4.57 Å². The van der Waals surface area contributed by atoms with E-state index in [9.17, 15) is 0 Å². The molecule has 0 saturated carbocycles. The van der Waals surface area contributed by atoms with Crippen LogP contribution >= 0.6 is 0 Å². The van der Waals surface area contributed by atoms with Crippen molar-refractivity contribution in [3.63, 3.8) is 0 Å². The van der Waals surface area contributed by atoms with Crippen LogP contribution in [-0.4, -0.2) is 40.6 Å². The van der Waals surface area contributed by atoms with Crippen molar-refractivity contribution in [2.45, 2.75) is 20.8 Å². The number of hydrogen-bond acceptors (Lipinski definition) is 3. The molecule has 20 heavy (non-hydrogen) atoms. The van der Waals surface area contributed by atoms with Crippen molar-refractivity contribution in [2.75, 3.05) is 31.5 Å². The molecule has 0 spiro atoms. The van der Waals surface area contributed by atoms with Gasteiger partial charge < -0.3 is 10.2 Å². The molecule has 108 valence electrons. The number of benzene rings is 1. The molecule has 0 atom stereocenters. The second-order valence-corrected chi connectivity index (χ2v) is 4.87. The summed E-state index contributed by atoms with van der Waals surface area (Å²) in [6, 6.07) is 10.3. The molecule has 4 nitrogen and oxygen atoms in total. The number of hydrogen-bond donors (Lipinski definition) is 1. The zero-order valence-corrected chi connectivity index (χ0v) is 12.6. The minimum absolute atomic E-state index is 0.908. The van der Waals surface area contributed by atoms with Gasteiger partial charge in [-0.05, 0) is 32.1 Å². The molecule has 2 aromatic rings. The maximum Gasteiger partial charge on any atom is 0.207 e. The lowest BCUT2D eigenvalue weighted by atomic mass is 10.3. The first-order valence-electron chi connectivity index (χ1n) is 7.32. The SMILES string of the molecule is CCN(CC)CCNc1nc(C)cn1-c1ccccc1. The van der Waals surface area contributed by atoms with Gasteiger partial charge in [-0.15, -0.1) is 0 Å². The zero-order valence-electron chi connectivity index (χ0n) is 12.6. The van der Waals surface area contributed by atoms with Crippen LogP contribution in [0.1, 0.15) is 19.5 Å². The van der Waals surface area contributed by atoms with E-state index in [-0.39, 0.29) is 0 Å². The molecule has 1 aromatic carbocycles. The van der Waals surface area contributed by atoms with Crippen LogP contribution in [-0.2, 0) is 0 Å². The van der Waals surface area contributed by atoms with E-state index in [0.29, 0.717) is 0 Å². The van der Waals surface area contributed by atoms with Crippen molar-refractivity contribution in [3.05, 3.63) is 42.2 Å². The molecule has 0 radical (unpaired) electrons. The predicted molar refractivity (Wildman–Crippen MR) is 84.6 cm³/mol. The van der Waals surface area contributed by atoms with E-state index >= 15 is 0 Å². The molecule has 1 N–H and O–H groups in total. The molecule has 1 aromatic heterocycles. The van der Waals surface area contributed by atoms with Crippen LogP contribution in [0.3, 0.4) is 0 Å². The number of anilines is 1. The van der Waals surface area contributed by atoms with Gasteiger partial charge in [-0.1, -0.05) is 32.0 Å². The topological polar surface area (TPSA) is 33.1 Å². The summed E-state index contributed by atoms with van der Waals surface area (Å²) < 4.78 is 2.11. The van der Waals surface area contributed by atoms with Crippen molar-refractivity contribution in [3.8, 4) is 5.69 Å². The summed E-state index contributed by atoms with van der Waals surface area (Å²) in [7, 11) is 0. The highest BCUT2D eigenvalue weighted by molar-refractivity contribution is 5.42. The van der Waals surface area contributed by atoms with Crippen LogP contribution in [0.4, 0.5) is 5.95 Å². The fourth-order valence-corrected chi connectivity index (χ4v) is 2.27. The van der Waals surface area contributed by atoms with Crippen LogP contribution in [0.5, 0.6) is 0 Å². The van der Waals surface area contributed by atoms with Crippen LogP contribution in [0.2, 0.25) is 0 Å². The summed E-state index contributed by atoms with van der Waals surface area (Å²) in [4.78, 5) is 6.97. The van der Waals surface area contributed by atoms with E-state index in [0.717, 1.165) is 43.5 Å². The Kier molecular flexibility index (Phi) is 5.18. The lowest BCUT2D eigenvalue weighted by Crippen LogP contribution is -2.29. The predicted octanol–water partition coefficient (Wildman–Crippen LogP) is 2.93. The highest BCUT2D eigenvalue weighted by atomic mass is 15.2.